The molecule has 0 aliphatic carbocycles. The summed E-state index contributed by atoms with van der Waals surface area (Å²) < 4.78 is 0. The van der Waals surface area contributed by atoms with Gasteiger partial charge >= 0.3 is 0 Å². The zero-order valence-corrected chi connectivity index (χ0v) is 11.9. The average molecular weight is 282 g/mol. The van der Waals surface area contributed by atoms with Crippen LogP contribution >= 0.6 is 0 Å². The van der Waals surface area contributed by atoms with Gasteiger partial charge in [-0.2, -0.15) is 15.1 Å². The Morgan fingerprint density at radius 3 is 2.76 bits per heavy atom. The minimum absolute atomic E-state index is 0.608. The maximum absolute atomic E-state index is 4.50. The van der Waals surface area contributed by atoms with Crippen molar-refractivity contribution in [3.05, 3.63) is 42.1 Å². The highest BCUT2D eigenvalue weighted by molar-refractivity contribution is 5.86. The van der Waals surface area contributed by atoms with Gasteiger partial charge in [0.1, 0.15) is 5.82 Å². The molecular weight excluding hydrogens is 264 g/mol. The smallest absolute Gasteiger partial charge is 0.226 e. The number of H-pyrrole nitrogens is 1. The van der Waals surface area contributed by atoms with Crippen molar-refractivity contribution in [1.82, 2.24) is 20.2 Å². The molecule has 0 spiro atoms. The monoisotopic (exact) mass is 282 g/mol. The Kier molecular flexibility index (Phi) is 3.95. The molecule has 3 rings (SSSR count). The van der Waals surface area contributed by atoms with Crippen LogP contribution < -0.4 is 10.6 Å². The van der Waals surface area contributed by atoms with Crippen LogP contribution in [0, 0.1) is 0 Å². The molecule has 108 valence electrons. The van der Waals surface area contributed by atoms with Gasteiger partial charge in [0.25, 0.3) is 0 Å². The van der Waals surface area contributed by atoms with Crippen LogP contribution in [0.5, 0.6) is 0 Å². The average Bonchev–Trinajstić information content (AvgIpc) is 2.97. The Hall–Kier alpha value is -2.63. The van der Waals surface area contributed by atoms with Gasteiger partial charge in [-0.15, -0.1) is 0 Å². The van der Waals surface area contributed by atoms with Gasteiger partial charge in [0.05, 0.1) is 11.6 Å². The second-order valence-electron chi connectivity index (χ2n) is 4.72. The Morgan fingerprint density at radius 2 is 1.95 bits per heavy atom. The summed E-state index contributed by atoms with van der Waals surface area (Å²) in [5.74, 6) is 1.41. The quantitative estimate of drug-likeness (QED) is 0.647. The normalized spacial score (nSPS) is 10.7. The lowest BCUT2D eigenvalue weighted by molar-refractivity contribution is 1.00. The van der Waals surface area contributed by atoms with E-state index in [4.69, 9.17) is 0 Å². The summed E-state index contributed by atoms with van der Waals surface area (Å²) in [6.45, 7) is 3.61. The third kappa shape index (κ3) is 3.10. The summed E-state index contributed by atoms with van der Waals surface area (Å²) in [5.41, 5.74) is 2.04. The van der Waals surface area contributed by atoms with Crippen LogP contribution in [0.15, 0.2) is 36.5 Å². The minimum atomic E-state index is 0.608. The van der Waals surface area contributed by atoms with E-state index in [0.29, 0.717) is 5.95 Å². The number of hydrogen-bond donors (Lipinski definition) is 3. The molecule has 3 aromatic rings. The largest absolute Gasteiger partial charge is 0.369 e. The number of aromatic amines is 1. The van der Waals surface area contributed by atoms with Crippen molar-refractivity contribution in [3.8, 4) is 0 Å². The van der Waals surface area contributed by atoms with E-state index in [-0.39, 0.29) is 0 Å². The van der Waals surface area contributed by atoms with Gasteiger partial charge in [0.2, 0.25) is 5.95 Å². The molecule has 1 aromatic carbocycles. The number of aromatic nitrogens is 4. The fourth-order valence-electron chi connectivity index (χ4n) is 2.18. The molecule has 6 heteroatoms. The SMILES string of the molecule is CCNc1nc(NCCc2ccccc2)c2cn[nH]c2n1. The summed E-state index contributed by atoms with van der Waals surface area (Å²) in [5, 5.41) is 14.3. The molecule has 0 amide bonds. The van der Waals surface area contributed by atoms with E-state index >= 15 is 0 Å². The number of nitrogens with zero attached hydrogens (tertiary/aromatic N) is 3. The third-order valence-electron chi connectivity index (χ3n) is 3.19. The van der Waals surface area contributed by atoms with Crippen molar-refractivity contribution < 1.29 is 0 Å². The Morgan fingerprint density at radius 1 is 1.10 bits per heavy atom. The van der Waals surface area contributed by atoms with E-state index in [1.165, 1.54) is 5.56 Å². The number of rotatable bonds is 6. The fourth-order valence-corrected chi connectivity index (χ4v) is 2.18. The van der Waals surface area contributed by atoms with Crippen molar-refractivity contribution in [1.29, 1.82) is 0 Å². The van der Waals surface area contributed by atoms with Crippen LogP contribution in [0.4, 0.5) is 11.8 Å². The van der Waals surface area contributed by atoms with Gasteiger partial charge < -0.3 is 10.6 Å². The topological polar surface area (TPSA) is 78.5 Å². The van der Waals surface area contributed by atoms with Crippen molar-refractivity contribution in [3.63, 3.8) is 0 Å². The maximum Gasteiger partial charge on any atom is 0.226 e. The lowest BCUT2D eigenvalue weighted by atomic mass is 10.1. The summed E-state index contributed by atoms with van der Waals surface area (Å²) in [4.78, 5) is 8.87. The van der Waals surface area contributed by atoms with Gasteiger partial charge in [0.15, 0.2) is 5.65 Å². The lowest BCUT2D eigenvalue weighted by Gasteiger charge is -2.09. The molecule has 21 heavy (non-hydrogen) atoms. The van der Waals surface area contributed by atoms with Crippen LogP contribution in [0.25, 0.3) is 11.0 Å². The van der Waals surface area contributed by atoms with Crippen molar-refractivity contribution >= 4 is 22.8 Å². The zero-order valence-electron chi connectivity index (χ0n) is 11.9. The van der Waals surface area contributed by atoms with E-state index in [9.17, 15) is 0 Å². The van der Waals surface area contributed by atoms with Gasteiger partial charge in [-0.05, 0) is 18.9 Å². The molecule has 0 aliphatic heterocycles. The molecule has 2 aromatic heterocycles. The highest BCUT2D eigenvalue weighted by Gasteiger charge is 2.08. The van der Waals surface area contributed by atoms with E-state index < -0.39 is 0 Å². The van der Waals surface area contributed by atoms with E-state index in [1.54, 1.807) is 6.20 Å². The highest BCUT2D eigenvalue weighted by atomic mass is 15.2. The maximum atomic E-state index is 4.50. The third-order valence-corrected chi connectivity index (χ3v) is 3.19. The molecule has 3 N–H and O–H groups in total. The predicted molar refractivity (Wildman–Crippen MR) is 84.5 cm³/mol. The number of nitrogens with one attached hydrogen (secondary N) is 3. The molecular formula is C15H18N6. The second kappa shape index (κ2) is 6.21. The van der Waals surface area contributed by atoms with Crippen LogP contribution in [-0.4, -0.2) is 33.3 Å². The summed E-state index contributed by atoms with van der Waals surface area (Å²) in [7, 11) is 0. The molecule has 0 bridgehead atoms. The first-order valence-corrected chi connectivity index (χ1v) is 7.09. The van der Waals surface area contributed by atoms with Crippen LogP contribution in [0.2, 0.25) is 0 Å². The molecule has 0 saturated heterocycles. The summed E-state index contributed by atoms with van der Waals surface area (Å²) in [6, 6.07) is 10.4. The van der Waals surface area contributed by atoms with Crippen LogP contribution in [-0.2, 0) is 6.42 Å². The number of anilines is 2. The Balaban J connectivity index is 1.74. The van der Waals surface area contributed by atoms with Crippen LogP contribution in [0.3, 0.4) is 0 Å². The second-order valence-corrected chi connectivity index (χ2v) is 4.72. The Labute approximate surface area is 123 Å². The number of hydrogen-bond acceptors (Lipinski definition) is 5. The molecule has 0 unspecified atom stereocenters. The van der Waals surface area contributed by atoms with Crippen LogP contribution in [0.1, 0.15) is 12.5 Å². The fraction of sp³-hybridized carbons (Fsp3) is 0.267. The van der Waals surface area contributed by atoms with E-state index in [0.717, 1.165) is 36.4 Å². The molecule has 0 atom stereocenters. The summed E-state index contributed by atoms with van der Waals surface area (Å²) >= 11 is 0. The molecule has 2 heterocycles. The van der Waals surface area contributed by atoms with Gasteiger partial charge in [0, 0.05) is 13.1 Å². The first-order valence-electron chi connectivity index (χ1n) is 7.09. The van der Waals surface area contributed by atoms with Gasteiger partial charge in [-0.25, -0.2) is 0 Å². The highest BCUT2D eigenvalue weighted by Crippen LogP contribution is 2.19. The standard InChI is InChI=1S/C15H18N6/c1-2-16-15-19-13(12-10-18-21-14(12)20-15)17-9-8-11-6-4-3-5-7-11/h3-7,10H,2,8-9H2,1H3,(H3,16,17,18,19,20,21). The summed E-state index contributed by atoms with van der Waals surface area (Å²) in [6.07, 6.45) is 2.69. The first kappa shape index (κ1) is 13.4. The molecule has 0 fully saturated rings. The van der Waals surface area contributed by atoms with Crippen molar-refractivity contribution in [2.24, 2.45) is 0 Å². The number of benzene rings is 1. The number of fused-ring (bicyclic) bond motifs is 1. The van der Waals surface area contributed by atoms with Gasteiger partial charge in [-0.1, -0.05) is 30.3 Å². The van der Waals surface area contributed by atoms with Crippen molar-refractivity contribution in [2.45, 2.75) is 13.3 Å². The molecule has 0 saturated carbocycles. The van der Waals surface area contributed by atoms with Gasteiger partial charge in [-0.3, -0.25) is 5.10 Å². The lowest BCUT2D eigenvalue weighted by Crippen LogP contribution is -2.09. The van der Waals surface area contributed by atoms with Crippen molar-refractivity contribution in [2.75, 3.05) is 23.7 Å². The zero-order chi connectivity index (χ0) is 14.5. The molecule has 0 aliphatic rings. The minimum Gasteiger partial charge on any atom is -0.369 e. The molecule has 6 nitrogen and oxygen atoms in total. The van der Waals surface area contributed by atoms with E-state index in [2.05, 4.69) is 55.1 Å². The first-order chi connectivity index (χ1) is 10.4. The predicted octanol–water partition coefficient (Wildman–Crippen LogP) is 2.44. The Bertz CT molecular complexity index is 707. The molecule has 0 radical (unpaired) electrons. The van der Waals surface area contributed by atoms with E-state index in [1.807, 2.05) is 13.0 Å².